The maximum atomic E-state index is 12.8. The van der Waals surface area contributed by atoms with Crippen molar-refractivity contribution in [2.45, 2.75) is 29.4 Å². The predicted molar refractivity (Wildman–Crippen MR) is 261 cm³/mol. The summed E-state index contributed by atoms with van der Waals surface area (Å²) in [5, 5.41) is 98.3. The summed E-state index contributed by atoms with van der Waals surface area (Å²) in [6, 6.07) is 12.3. The fourth-order valence-electron chi connectivity index (χ4n) is 6.63. The second-order valence-electron chi connectivity index (χ2n) is 15.5. The number of benzene rings is 4. The number of anilines is 10. The number of nitrogens with zero attached hydrogens (tertiary/aromatic N) is 8. The number of rotatable bonds is 33. The normalized spacial score (nSPS) is 10.5. The molecule has 0 saturated carbocycles. The quantitative estimate of drug-likeness (QED) is 0.00742. The first-order valence-corrected chi connectivity index (χ1v) is 28.2. The van der Waals surface area contributed by atoms with E-state index >= 15 is 0 Å². The molecule has 0 aliphatic rings. The van der Waals surface area contributed by atoms with Crippen LogP contribution in [0.3, 0.4) is 0 Å². The zero-order chi connectivity index (χ0) is 61.4. The van der Waals surface area contributed by atoms with Gasteiger partial charge in [-0.05, 0) is 71.8 Å². The van der Waals surface area contributed by atoms with E-state index in [0.717, 1.165) is 59.5 Å². The Kier molecular flexibility index (Phi) is 57.3. The summed E-state index contributed by atoms with van der Waals surface area (Å²) in [4.78, 5) is 61.7. The first-order valence-electron chi connectivity index (χ1n) is 21.7. The van der Waals surface area contributed by atoms with E-state index in [1.807, 2.05) is 0 Å². The van der Waals surface area contributed by atoms with Gasteiger partial charge in [0, 0.05) is 27.7 Å². The molecule has 0 fully saturated rings. The van der Waals surface area contributed by atoms with Gasteiger partial charge in [0.15, 0.2) is 0 Å². The molecule has 0 bridgehead atoms. The Morgan fingerprint density at radius 2 is 0.894 bits per heavy atom. The SMILES string of the molecule is O=C([O-])CN(CCO[O-])c1nc(Nc2ccc(C=Cc3ccc(Nc4nc(Nc5cc(SOO[O-])ccc5S(=O)(=O)[O-])nc(N(CC(=O)[O-])CC(=O)[O-])n4)cc3SOO[O-])c(S(=O)(=O)[O-])c2)nc(Nc2cc(S(=O)(=O)[O-])ccc2SOO[O-])n1.[Na+].[Na+].[Na+].[Na+].[Na+].[Na+].[Na+].[Na+].[Na+].[Na+]. The van der Waals surface area contributed by atoms with Crippen molar-refractivity contribution in [2.24, 2.45) is 0 Å². The van der Waals surface area contributed by atoms with E-state index in [9.17, 15) is 89.6 Å². The molecule has 0 unspecified atom stereocenters. The van der Waals surface area contributed by atoms with Gasteiger partial charge in [0.2, 0.25) is 35.7 Å². The molecule has 94 heavy (non-hydrogen) atoms. The van der Waals surface area contributed by atoms with Crippen LogP contribution in [0, 0.1) is 0 Å². The van der Waals surface area contributed by atoms with E-state index in [2.05, 4.69) is 84.2 Å². The van der Waals surface area contributed by atoms with E-state index in [0.29, 0.717) is 4.90 Å². The third-order valence-corrected chi connectivity index (χ3v) is 14.4. The van der Waals surface area contributed by atoms with Crippen molar-refractivity contribution in [1.82, 2.24) is 29.9 Å². The zero-order valence-electron chi connectivity index (χ0n) is 50.8. The van der Waals surface area contributed by atoms with Gasteiger partial charge in [0.1, 0.15) is 30.4 Å². The van der Waals surface area contributed by atoms with Crippen LogP contribution in [0.1, 0.15) is 11.1 Å². The Morgan fingerprint density at radius 1 is 0.457 bits per heavy atom. The van der Waals surface area contributed by atoms with Crippen molar-refractivity contribution < 1.29 is 418 Å². The number of aromatic nitrogens is 6. The minimum absolute atomic E-state index is 0. The van der Waals surface area contributed by atoms with Crippen LogP contribution in [0.4, 0.5) is 58.4 Å². The molecule has 2 aromatic heterocycles. The van der Waals surface area contributed by atoms with Gasteiger partial charge in [0.05, 0.1) is 111 Å². The van der Waals surface area contributed by atoms with E-state index in [1.165, 1.54) is 30.3 Å². The number of hydrogen-bond acceptors (Lipinski definition) is 41. The molecule has 6 rings (SSSR count). The molecular formula is C40H28N12Na10O26S6. The Labute approximate surface area is 766 Å². The molecule has 0 saturated heterocycles. The van der Waals surface area contributed by atoms with Crippen molar-refractivity contribution in [2.75, 3.05) is 63.9 Å². The second kappa shape index (κ2) is 51.4. The topological polar surface area (TPSA) is 581 Å². The molecule has 0 amide bonds. The van der Waals surface area contributed by atoms with Crippen LogP contribution < -0.4 is 363 Å². The third-order valence-electron chi connectivity index (χ3n) is 9.88. The van der Waals surface area contributed by atoms with Crippen LogP contribution in [0.15, 0.2) is 102 Å². The molecule has 0 spiro atoms. The van der Waals surface area contributed by atoms with Gasteiger partial charge in [-0.15, -0.1) is 0 Å². The van der Waals surface area contributed by atoms with E-state index in [1.54, 1.807) is 0 Å². The van der Waals surface area contributed by atoms with Crippen LogP contribution in [0.5, 0.6) is 0 Å². The van der Waals surface area contributed by atoms with Gasteiger partial charge in [-0.2, -0.15) is 42.9 Å². The molecule has 4 N–H and O–H groups in total. The van der Waals surface area contributed by atoms with E-state index < -0.39 is 137 Å². The fraction of sp³-hybridized carbons (Fsp3) is 0.125. The third kappa shape index (κ3) is 34.9. The van der Waals surface area contributed by atoms with Gasteiger partial charge in [-0.1, -0.05) is 24.3 Å². The van der Waals surface area contributed by atoms with Gasteiger partial charge in [-0.3, -0.25) is 15.1 Å². The predicted octanol–water partition coefficient (Wildman–Crippen LogP) is -35.2. The largest absolute Gasteiger partial charge is 1.00 e. The number of carbonyl (C=O) groups excluding carboxylic acids is 3. The number of hydrogen-bond donors (Lipinski definition) is 4. The first-order chi connectivity index (χ1) is 39.8. The monoisotopic (exact) mass is 1510 g/mol. The molecule has 0 aliphatic heterocycles. The molecule has 450 valence electrons. The number of aliphatic carboxylic acids is 3. The molecule has 6 aromatic rings. The summed E-state index contributed by atoms with van der Waals surface area (Å²) < 4.78 is 124. The second-order valence-corrected chi connectivity index (χ2v) is 21.8. The summed E-state index contributed by atoms with van der Waals surface area (Å²) in [6.07, 6.45) is 2.32. The maximum Gasteiger partial charge on any atom is 1.00 e. The zero-order valence-corrected chi connectivity index (χ0v) is 75.7. The van der Waals surface area contributed by atoms with Crippen molar-refractivity contribution in [3.05, 3.63) is 83.9 Å². The van der Waals surface area contributed by atoms with Crippen LogP contribution in [0.25, 0.3) is 12.2 Å². The van der Waals surface area contributed by atoms with Crippen molar-refractivity contribution in [1.29, 1.82) is 0 Å². The standard InChI is InChI=1S/C40H38N12O26S6.10Na/c53-32(54)17-51(11-12-72-59)39-47-36(45-37(49-39)43-26-16-25(82(63,64)65)8-9-28(26)80-77-74-61)42-23-6-4-21(31(14-23)84(69,70)71)2-1-20-3-5-22(13-29(20)81-78-75-62)41-35-46-38(50-40(48-35)52(18-33(55)56)19-34(57)58)44-27-15-24(79-76-73-60)7-10-30(27)83(66,67)68;;;;;;;;;;/h1-10,13-16,59-62H,11-12,17-19H2,(H,53,54)(H,55,56)(H,57,58)(H,63,64,65)(H,66,67,68)(H,69,70,71)(H2,41,44,46,48,50)(H2,42,43,45,47,49);;;;;;;;;;/q;10*+1/p-10. The van der Waals surface area contributed by atoms with Crippen LogP contribution >= 0.6 is 36.1 Å². The molecule has 38 nitrogen and oxygen atoms in total. The Balaban J connectivity index is -0.00000264. The van der Waals surface area contributed by atoms with E-state index in [4.69, 9.17) is 0 Å². The number of carboxylic acid groups (broad SMARTS) is 3. The van der Waals surface area contributed by atoms with Gasteiger partial charge in [0.25, 0.3) is 0 Å². The summed E-state index contributed by atoms with van der Waals surface area (Å²) >= 11 is 0.754. The Bertz CT molecular complexity index is 3800. The Hall–Kier alpha value is 2.19. The molecule has 2 heterocycles. The number of carboxylic acids is 3. The van der Waals surface area contributed by atoms with Gasteiger partial charge >= 0.3 is 296 Å². The maximum absolute atomic E-state index is 12.8. The minimum Gasteiger partial charge on any atom is -0.744 e. The van der Waals surface area contributed by atoms with Crippen LogP contribution in [0.2, 0.25) is 0 Å². The molecular weight excluding hydrogens is 1490 g/mol. The number of carbonyl (C=O) groups is 3. The van der Waals surface area contributed by atoms with Gasteiger partial charge in [-0.25, -0.2) is 25.3 Å². The summed E-state index contributed by atoms with van der Waals surface area (Å²) in [5.74, 6) is -9.08. The summed E-state index contributed by atoms with van der Waals surface area (Å²) in [6.45, 7) is -4.50. The Morgan fingerprint density at radius 3 is 1.37 bits per heavy atom. The molecule has 0 atom stereocenters. The molecule has 0 aliphatic carbocycles. The van der Waals surface area contributed by atoms with Crippen molar-refractivity contribution >= 4 is 155 Å². The van der Waals surface area contributed by atoms with Gasteiger partial charge < -0.3 is 100 Å². The van der Waals surface area contributed by atoms with Crippen molar-refractivity contribution in [3.63, 3.8) is 0 Å². The van der Waals surface area contributed by atoms with Crippen LogP contribution in [-0.4, -0.2) is 120 Å². The van der Waals surface area contributed by atoms with Crippen molar-refractivity contribution in [3.8, 4) is 0 Å². The van der Waals surface area contributed by atoms with Crippen LogP contribution in [-0.2, 0) is 77.7 Å². The number of nitrogens with one attached hydrogen (secondary N) is 4. The van der Waals surface area contributed by atoms with E-state index in [-0.39, 0.29) is 375 Å². The summed E-state index contributed by atoms with van der Waals surface area (Å²) in [7, 11) is -15.8. The average molecular weight is 1520 g/mol. The molecule has 4 aromatic carbocycles. The molecule has 0 radical (unpaired) electrons. The smallest absolute Gasteiger partial charge is 0.744 e. The fourth-order valence-corrected chi connectivity index (χ4v) is 9.77. The first kappa shape index (κ1) is 105. The summed E-state index contributed by atoms with van der Waals surface area (Å²) in [5.41, 5.74) is -1.41. The minimum atomic E-state index is -5.42. The average Bonchev–Trinajstić information content (AvgIpc) is 0.816. The molecule has 54 heteroatoms.